The summed E-state index contributed by atoms with van der Waals surface area (Å²) < 4.78 is 0. The normalized spacial score (nSPS) is 29.4. The maximum absolute atomic E-state index is 3.70. The number of hydrogen-bond acceptors (Lipinski definition) is 3. The van der Waals surface area contributed by atoms with E-state index in [1.165, 1.54) is 77.7 Å². The quantitative estimate of drug-likeness (QED) is 0.812. The fourth-order valence-electron chi connectivity index (χ4n) is 4.11. The molecule has 2 heterocycles. The Hall–Kier alpha value is -0.120. The van der Waals surface area contributed by atoms with Gasteiger partial charge in [-0.05, 0) is 84.1 Å². The standard InChI is InChI=1S/C18H35N3/c1-15(14-19-17-6-7-17)16(2)20-12-8-18(9-13-20)21-10-4-3-5-11-21/h15-19H,3-14H2,1-2H3. The summed E-state index contributed by atoms with van der Waals surface area (Å²) in [5.74, 6) is 0.775. The second-order valence-corrected chi connectivity index (χ2v) is 7.76. The van der Waals surface area contributed by atoms with Crippen molar-refractivity contribution in [3.05, 3.63) is 0 Å². The van der Waals surface area contributed by atoms with Gasteiger partial charge in [0.2, 0.25) is 0 Å². The minimum absolute atomic E-state index is 0.735. The van der Waals surface area contributed by atoms with Crippen LogP contribution in [0.25, 0.3) is 0 Å². The Balaban J connectivity index is 1.39. The van der Waals surface area contributed by atoms with Crippen LogP contribution < -0.4 is 5.32 Å². The Kier molecular flexibility index (Phi) is 5.58. The highest BCUT2D eigenvalue weighted by molar-refractivity contribution is 4.87. The van der Waals surface area contributed by atoms with Crippen molar-refractivity contribution in [2.24, 2.45) is 5.92 Å². The van der Waals surface area contributed by atoms with Crippen molar-refractivity contribution in [3.8, 4) is 0 Å². The fraction of sp³-hybridized carbons (Fsp3) is 1.00. The summed E-state index contributed by atoms with van der Waals surface area (Å²) >= 11 is 0. The molecule has 3 nitrogen and oxygen atoms in total. The first kappa shape index (κ1) is 15.8. The predicted octanol–water partition coefficient (Wildman–Crippen LogP) is 2.71. The van der Waals surface area contributed by atoms with Crippen molar-refractivity contribution in [3.63, 3.8) is 0 Å². The number of rotatable bonds is 6. The zero-order valence-corrected chi connectivity index (χ0v) is 14.2. The molecule has 122 valence electrons. The van der Waals surface area contributed by atoms with Gasteiger partial charge in [0.25, 0.3) is 0 Å². The number of piperidine rings is 2. The Labute approximate surface area is 131 Å². The molecule has 2 unspecified atom stereocenters. The van der Waals surface area contributed by atoms with Gasteiger partial charge < -0.3 is 15.1 Å². The van der Waals surface area contributed by atoms with Crippen LogP contribution in [0.5, 0.6) is 0 Å². The van der Waals surface area contributed by atoms with Gasteiger partial charge >= 0.3 is 0 Å². The van der Waals surface area contributed by atoms with E-state index in [1.54, 1.807) is 0 Å². The molecule has 0 aromatic rings. The summed E-state index contributed by atoms with van der Waals surface area (Å²) in [6, 6.07) is 2.47. The van der Waals surface area contributed by atoms with Gasteiger partial charge in [-0.3, -0.25) is 0 Å². The third kappa shape index (κ3) is 4.43. The molecule has 1 N–H and O–H groups in total. The lowest BCUT2D eigenvalue weighted by atomic mass is 9.95. The Bertz CT molecular complexity index is 302. The van der Waals surface area contributed by atoms with E-state index in [2.05, 4.69) is 29.0 Å². The van der Waals surface area contributed by atoms with Crippen molar-refractivity contribution in [2.75, 3.05) is 32.7 Å². The third-order valence-electron chi connectivity index (χ3n) is 6.11. The first-order valence-electron chi connectivity index (χ1n) is 9.45. The van der Waals surface area contributed by atoms with Crippen molar-refractivity contribution in [1.82, 2.24) is 15.1 Å². The second-order valence-electron chi connectivity index (χ2n) is 7.76. The Morgan fingerprint density at radius 2 is 1.57 bits per heavy atom. The second kappa shape index (κ2) is 7.43. The van der Waals surface area contributed by atoms with Gasteiger partial charge in [0.15, 0.2) is 0 Å². The molecule has 0 aromatic carbocycles. The van der Waals surface area contributed by atoms with Crippen LogP contribution in [0.3, 0.4) is 0 Å². The van der Waals surface area contributed by atoms with Crippen molar-refractivity contribution >= 4 is 0 Å². The lowest BCUT2D eigenvalue weighted by Crippen LogP contribution is -2.50. The summed E-state index contributed by atoms with van der Waals surface area (Å²) in [4.78, 5) is 5.53. The highest BCUT2D eigenvalue weighted by atomic mass is 15.2. The summed E-state index contributed by atoms with van der Waals surface area (Å²) in [7, 11) is 0. The number of hydrogen-bond donors (Lipinski definition) is 1. The van der Waals surface area contributed by atoms with Gasteiger partial charge in [-0.15, -0.1) is 0 Å². The molecule has 2 aliphatic heterocycles. The molecule has 1 saturated carbocycles. The Morgan fingerprint density at radius 3 is 2.19 bits per heavy atom. The molecule has 0 amide bonds. The minimum Gasteiger partial charge on any atom is -0.314 e. The van der Waals surface area contributed by atoms with Crippen molar-refractivity contribution < 1.29 is 0 Å². The van der Waals surface area contributed by atoms with Crippen LogP contribution >= 0.6 is 0 Å². The third-order valence-corrected chi connectivity index (χ3v) is 6.11. The molecule has 3 rings (SSSR count). The van der Waals surface area contributed by atoms with Crippen LogP contribution in [0, 0.1) is 5.92 Å². The maximum Gasteiger partial charge on any atom is 0.0120 e. The molecule has 3 fully saturated rings. The molecule has 2 atom stereocenters. The van der Waals surface area contributed by atoms with Gasteiger partial charge in [0.1, 0.15) is 0 Å². The maximum atomic E-state index is 3.70. The smallest absolute Gasteiger partial charge is 0.0120 e. The molecule has 0 radical (unpaired) electrons. The average Bonchev–Trinajstić information content (AvgIpc) is 3.37. The molecular formula is C18H35N3. The van der Waals surface area contributed by atoms with Crippen LogP contribution in [0.4, 0.5) is 0 Å². The van der Waals surface area contributed by atoms with Gasteiger partial charge in [-0.1, -0.05) is 13.3 Å². The van der Waals surface area contributed by atoms with Crippen molar-refractivity contribution in [2.45, 2.75) is 76.9 Å². The number of nitrogens with one attached hydrogen (secondary N) is 1. The zero-order valence-electron chi connectivity index (χ0n) is 14.2. The van der Waals surface area contributed by atoms with Crippen LogP contribution in [-0.4, -0.2) is 60.6 Å². The summed E-state index contributed by atoms with van der Waals surface area (Å²) in [5, 5.41) is 3.70. The molecule has 21 heavy (non-hydrogen) atoms. The molecule has 0 aromatic heterocycles. The van der Waals surface area contributed by atoms with Gasteiger partial charge in [0.05, 0.1) is 0 Å². The highest BCUT2D eigenvalue weighted by Crippen LogP contribution is 2.24. The van der Waals surface area contributed by atoms with E-state index < -0.39 is 0 Å². The van der Waals surface area contributed by atoms with E-state index in [0.29, 0.717) is 0 Å². The first-order valence-corrected chi connectivity index (χ1v) is 9.45. The summed E-state index contributed by atoms with van der Waals surface area (Å²) in [6.45, 7) is 11.4. The topological polar surface area (TPSA) is 18.5 Å². The van der Waals surface area contributed by atoms with Gasteiger partial charge in [-0.2, -0.15) is 0 Å². The van der Waals surface area contributed by atoms with E-state index >= 15 is 0 Å². The van der Waals surface area contributed by atoms with Crippen LogP contribution in [0.1, 0.15) is 58.8 Å². The molecule has 3 aliphatic rings. The summed E-state index contributed by atoms with van der Waals surface area (Å²) in [5.41, 5.74) is 0. The van der Waals surface area contributed by atoms with Crippen LogP contribution in [0.2, 0.25) is 0 Å². The molecule has 3 heteroatoms. The molecule has 0 bridgehead atoms. The van der Waals surface area contributed by atoms with E-state index in [4.69, 9.17) is 0 Å². The highest BCUT2D eigenvalue weighted by Gasteiger charge is 2.29. The number of likely N-dealkylation sites (tertiary alicyclic amines) is 2. The lowest BCUT2D eigenvalue weighted by molar-refractivity contribution is 0.0625. The first-order chi connectivity index (χ1) is 10.2. The predicted molar refractivity (Wildman–Crippen MR) is 89.7 cm³/mol. The Morgan fingerprint density at radius 1 is 0.905 bits per heavy atom. The average molecular weight is 293 g/mol. The fourth-order valence-corrected chi connectivity index (χ4v) is 4.11. The molecular weight excluding hydrogens is 258 g/mol. The van der Waals surface area contributed by atoms with Gasteiger partial charge in [0, 0.05) is 18.1 Å². The van der Waals surface area contributed by atoms with Crippen LogP contribution in [0.15, 0.2) is 0 Å². The SMILES string of the molecule is CC(CNC1CC1)C(C)N1CCC(N2CCCCC2)CC1. The zero-order chi connectivity index (χ0) is 14.7. The largest absolute Gasteiger partial charge is 0.314 e. The van der Waals surface area contributed by atoms with E-state index in [-0.39, 0.29) is 0 Å². The molecule has 2 saturated heterocycles. The van der Waals surface area contributed by atoms with Crippen molar-refractivity contribution in [1.29, 1.82) is 0 Å². The minimum atomic E-state index is 0.735. The van der Waals surface area contributed by atoms with E-state index in [9.17, 15) is 0 Å². The van der Waals surface area contributed by atoms with E-state index in [1.807, 2.05) is 0 Å². The molecule has 1 aliphatic carbocycles. The number of nitrogens with zero attached hydrogens (tertiary/aromatic N) is 2. The monoisotopic (exact) mass is 293 g/mol. The van der Waals surface area contributed by atoms with Gasteiger partial charge in [-0.25, -0.2) is 0 Å². The molecule has 0 spiro atoms. The van der Waals surface area contributed by atoms with E-state index in [0.717, 1.165) is 24.0 Å². The lowest BCUT2D eigenvalue weighted by Gasteiger charge is -2.43. The van der Waals surface area contributed by atoms with Crippen LogP contribution in [-0.2, 0) is 0 Å². The summed E-state index contributed by atoms with van der Waals surface area (Å²) in [6.07, 6.45) is 9.92.